The van der Waals surface area contributed by atoms with Crippen LogP contribution in [0.1, 0.15) is 41.0 Å². The third kappa shape index (κ3) is 4.41. The van der Waals surface area contributed by atoms with Gasteiger partial charge in [-0.3, -0.25) is 0 Å². The van der Waals surface area contributed by atoms with Crippen molar-refractivity contribution in [3.63, 3.8) is 0 Å². The van der Waals surface area contributed by atoms with E-state index in [2.05, 4.69) is 34.6 Å². The summed E-state index contributed by atoms with van der Waals surface area (Å²) in [6, 6.07) is 0.352. The Morgan fingerprint density at radius 1 is 0.909 bits per heavy atom. The molecule has 0 spiro atoms. The van der Waals surface area contributed by atoms with E-state index in [1.54, 1.807) is 0 Å². The highest BCUT2D eigenvalue weighted by Gasteiger charge is 2.18. The third-order valence-corrected chi connectivity index (χ3v) is 2.36. The van der Waals surface area contributed by atoms with Crippen LogP contribution in [-0.4, -0.2) is 6.04 Å². The van der Waals surface area contributed by atoms with E-state index in [1.807, 2.05) is 0 Å². The summed E-state index contributed by atoms with van der Waals surface area (Å²) in [6.07, 6.45) is 1.16. The molecule has 0 aromatic heterocycles. The Balaban J connectivity index is 3.90. The van der Waals surface area contributed by atoms with Crippen LogP contribution >= 0.6 is 0 Å². The molecule has 0 unspecified atom stereocenters. The maximum Gasteiger partial charge on any atom is 0.00133 e. The van der Waals surface area contributed by atoms with Crippen molar-refractivity contribution in [2.24, 2.45) is 23.5 Å². The first-order chi connectivity index (χ1) is 4.95. The summed E-state index contributed by atoms with van der Waals surface area (Å²) >= 11 is 0. The molecule has 0 heterocycles. The van der Waals surface area contributed by atoms with Gasteiger partial charge < -0.3 is 5.73 Å². The van der Waals surface area contributed by atoms with Gasteiger partial charge in [-0.2, -0.15) is 0 Å². The molecule has 0 bridgehead atoms. The highest BCUT2D eigenvalue weighted by molar-refractivity contribution is 4.70. The second-order valence-corrected chi connectivity index (χ2v) is 4.36. The molecule has 0 aromatic rings. The van der Waals surface area contributed by atoms with E-state index in [1.165, 1.54) is 0 Å². The van der Waals surface area contributed by atoms with Gasteiger partial charge in [-0.25, -0.2) is 0 Å². The van der Waals surface area contributed by atoms with Gasteiger partial charge in [-0.05, 0) is 31.1 Å². The third-order valence-electron chi connectivity index (χ3n) is 2.36. The second kappa shape index (κ2) is 4.76. The lowest BCUT2D eigenvalue weighted by molar-refractivity contribution is 0.256. The molecule has 0 aliphatic carbocycles. The van der Waals surface area contributed by atoms with Gasteiger partial charge in [0.15, 0.2) is 0 Å². The van der Waals surface area contributed by atoms with Crippen molar-refractivity contribution in [3.05, 3.63) is 0 Å². The highest BCUT2D eigenvalue weighted by Crippen LogP contribution is 2.24. The fraction of sp³-hybridized carbons (Fsp3) is 1.00. The van der Waals surface area contributed by atoms with Gasteiger partial charge in [0, 0.05) is 6.04 Å². The van der Waals surface area contributed by atoms with Crippen LogP contribution in [0.15, 0.2) is 0 Å². The Hall–Kier alpha value is -0.0400. The van der Waals surface area contributed by atoms with E-state index >= 15 is 0 Å². The summed E-state index contributed by atoms with van der Waals surface area (Å²) < 4.78 is 0. The molecular formula is C10H23N. The van der Waals surface area contributed by atoms with Crippen molar-refractivity contribution in [1.29, 1.82) is 0 Å². The number of hydrogen-bond donors (Lipinski definition) is 1. The van der Waals surface area contributed by atoms with Crippen molar-refractivity contribution in [2.45, 2.75) is 47.1 Å². The predicted octanol–water partition coefficient (Wildman–Crippen LogP) is 2.65. The topological polar surface area (TPSA) is 26.0 Å². The average Bonchev–Trinajstić information content (AvgIpc) is 1.81. The zero-order valence-electron chi connectivity index (χ0n) is 8.59. The lowest BCUT2D eigenvalue weighted by Crippen LogP contribution is -2.25. The smallest absolute Gasteiger partial charge is 0.00133 e. The van der Waals surface area contributed by atoms with E-state index in [9.17, 15) is 0 Å². The molecule has 0 rings (SSSR count). The van der Waals surface area contributed by atoms with Crippen LogP contribution in [0.3, 0.4) is 0 Å². The standard InChI is InChI=1S/C10H23N/c1-7(2)10(8(3)4)6-9(5)11/h7-10H,6,11H2,1-5H3/t9-/m1/s1. The molecule has 0 aromatic carbocycles. The van der Waals surface area contributed by atoms with E-state index < -0.39 is 0 Å². The summed E-state index contributed by atoms with van der Waals surface area (Å²) in [5.41, 5.74) is 5.77. The lowest BCUT2D eigenvalue weighted by Gasteiger charge is -2.26. The maximum absolute atomic E-state index is 5.77. The number of nitrogens with two attached hydrogens (primary N) is 1. The van der Waals surface area contributed by atoms with Crippen molar-refractivity contribution < 1.29 is 0 Å². The van der Waals surface area contributed by atoms with Gasteiger partial charge in [-0.15, -0.1) is 0 Å². The molecule has 0 fully saturated rings. The van der Waals surface area contributed by atoms with Gasteiger partial charge in [0.05, 0.1) is 0 Å². The van der Waals surface area contributed by atoms with Crippen molar-refractivity contribution >= 4 is 0 Å². The van der Waals surface area contributed by atoms with Gasteiger partial charge in [0.1, 0.15) is 0 Å². The lowest BCUT2D eigenvalue weighted by atomic mass is 9.81. The van der Waals surface area contributed by atoms with Crippen LogP contribution < -0.4 is 5.73 Å². The van der Waals surface area contributed by atoms with Gasteiger partial charge in [0.2, 0.25) is 0 Å². The Morgan fingerprint density at radius 2 is 1.27 bits per heavy atom. The molecule has 1 nitrogen and oxygen atoms in total. The highest BCUT2D eigenvalue weighted by atomic mass is 14.6. The molecule has 0 amide bonds. The van der Waals surface area contributed by atoms with Crippen LogP contribution in [0.5, 0.6) is 0 Å². The fourth-order valence-electron chi connectivity index (χ4n) is 1.74. The first-order valence-corrected chi connectivity index (χ1v) is 4.70. The molecule has 0 aliphatic rings. The number of hydrogen-bond acceptors (Lipinski definition) is 1. The van der Waals surface area contributed by atoms with Crippen LogP contribution in [0, 0.1) is 17.8 Å². The predicted molar refractivity (Wildman–Crippen MR) is 51.4 cm³/mol. The maximum atomic E-state index is 5.77. The molecule has 11 heavy (non-hydrogen) atoms. The average molecular weight is 157 g/mol. The zero-order valence-corrected chi connectivity index (χ0v) is 8.59. The molecule has 0 saturated carbocycles. The zero-order chi connectivity index (χ0) is 9.02. The molecule has 0 saturated heterocycles. The summed E-state index contributed by atoms with van der Waals surface area (Å²) in [5.74, 6) is 2.32. The van der Waals surface area contributed by atoms with E-state index in [4.69, 9.17) is 5.73 Å². The fourth-order valence-corrected chi connectivity index (χ4v) is 1.74. The Kier molecular flexibility index (Phi) is 4.74. The van der Waals surface area contributed by atoms with Crippen molar-refractivity contribution in [3.8, 4) is 0 Å². The van der Waals surface area contributed by atoms with Crippen LogP contribution in [0.25, 0.3) is 0 Å². The molecule has 0 aliphatic heterocycles. The summed E-state index contributed by atoms with van der Waals surface area (Å²) in [7, 11) is 0. The second-order valence-electron chi connectivity index (χ2n) is 4.36. The molecule has 2 N–H and O–H groups in total. The normalized spacial score (nSPS) is 15.0. The van der Waals surface area contributed by atoms with Crippen molar-refractivity contribution in [1.82, 2.24) is 0 Å². The first-order valence-electron chi connectivity index (χ1n) is 4.70. The molecule has 68 valence electrons. The molecule has 1 atom stereocenters. The largest absolute Gasteiger partial charge is 0.328 e. The Bertz CT molecular complexity index is 87.0. The Morgan fingerprint density at radius 3 is 1.36 bits per heavy atom. The van der Waals surface area contributed by atoms with E-state index in [0.717, 1.165) is 24.2 Å². The van der Waals surface area contributed by atoms with Gasteiger partial charge >= 0.3 is 0 Å². The van der Waals surface area contributed by atoms with E-state index in [0.29, 0.717) is 6.04 Å². The minimum Gasteiger partial charge on any atom is -0.328 e. The van der Waals surface area contributed by atoms with Gasteiger partial charge in [0.25, 0.3) is 0 Å². The minimum atomic E-state index is 0.352. The van der Waals surface area contributed by atoms with Crippen LogP contribution in [0.4, 0.5) is 0 Å². The molecule has 1 heteroatoms. The van der Waals surface area contributed by atoms with E-state index in [-0.39, 0.29) is 0 Å². The Labute approximate surface area is 71.4 Å². The summed E-state index contributed by atoms with van der Waals surface area (Å²) in [6.45, 7) is 11.2. The summed E-state index contributed by atoms with van der Waals surface area (Å²) in [5, 5.41) is 0. The minimum absolute atomic E-state index is 0.352. The SMILES string of the molecule is CC(C)C(C[C@@H](C)N)C(C)C. The quantitative estimate of drug-likeness (QED) is 0.667. The summed E-state index contributed by atoms with van der Waals surface area (Å²) in [4.78, 5) is 0. The van der Waals surface area contributed by atoms with Crippen LogP contribution in [0.2, 0.25) is 0 Å². The van der Waals surface area contributed by atoms with Crippen molar-refractivity contribution in [2.75, 3.05) is 0 Å². The first kappa shape index (κ1) is 11.0. The van der Waals surface area contributed by atoms with Crippen LogP contribution in [-0.2, 0) is 0 Å². The van der Waals surface area contributed by atoms with Gasteiger partial charge in [-0.1, -0.05) is 27.7 Å². The number of rotatable bonds is 4. The molecular weight excluding hydrogens is 134 g/mol. The molecule has 0 radical (unpaired) electrons. The monoisotopic (exact) mass is 157 g/mol.